The van der Waals surface area contributed by atoms with E-state index in [1.807, 2.05) is 12.1 Å². The fraction of sp³-hybridized carbons (Fsp3) is 0.400. The van der Waals surface area contributed by atoms with Gasteiger partial charge in [0.15, 0.2) is 0 Å². The van der Waals surface area contributed by atoms with Gasteiger partial charge in [-0.1, -0.05) is 18.2 Å². The van der Waals surface area contributed by atoms with Crippen LogP contribution in [0.4, 0.5) is 0 Å². The van der Waals surface area contributed by atoms with Crippen LogP contribution in [0.25, 0.3) is 10.1 Å². The normalized spacial score (nSPS) is 19.4. The lowest BCUT2D eigenvalue weighted by Crippen LogP contribution is -2.25. The van der Waals surface area contributed by atoms with Gasteiger partial charge in [-0.15, -0.1) is 11.3 Å². The molecular formula is C15H17NOS. The van der Waals surface area contributed by atoms with Crippen LogP contribution in [0.2, 0.25) is 0 Å². The van der Waals surface area contributed by atoms with Gasteiger partial charge in [0.25, 0.3) is 0 Å². The molecule has 0 spiro atoms. The van der Waals surface area contributed by atoms with E-state index in [9.17, 15) is 4.79 Å². The number of carbonyl (C=O) groups is 1. The first-order valence-electron chi connectivity index (χ1n) is 6.53. The highest BCUT2D eigenvalue weighted by molar-refractivity contribution is 7.17. The molecule has 1 atom stereocenters. The van der Waals surface area contributed by atoms with Crippen molar-refractivity contribution in [1.29, 1.82) is 0 Å². The van der Waals surface area contributed by atoms with Crippen LogP contribution in [-0.4, -0.2) is 18.4 Å². The summed E-state index contributed by atoms with van der Waals surface area (Å²) in [5.74, 6) is 0.359. The molecule has 3 rings (SSSR count). The quantitative estimate of drug-likeness (QED) is 0.914. The Labute approximate surface area is 111 Å². The molecule has 94 valence electrons. The van der Waals surface area contributed by atoms with Gasteiger partial charge in [0, 0.05) is 23.6 Å². The number of carbonyl (C=O) groups excluding carboxylic acids is 1. The van der Waals surface area contributed by atoms with E-state index >= 15 is 0 Å². The van der Waals surface area contributed by atoms with E-state index in [1.165, 1.54) is 22.1 Å². The maximum Gasteiger partial charge on any atom is 0.138 e. The van der Waals surface area contributed by atoms with Crippen LogP contribution in [0.3, 0.4) is 0 Å². The van der Waals surface area contributed by atoms with Crippen molar-refractivity contribution in [2.24, 2.45) is 0 Å². The molecule has 3 heteroatoms. The molecule has 1 unspecified atom stereocenters. The van der Waals surface area contributed by atoms with Crippen molar-refractivity contribution in [2.75, 3.05) is 6.54 Å². The van der Waals surface area contributed by atoms with Gasteiger partial charge in [0.1, 0.15) is 5.78 Å². The van der Waals surface area contributed by atoms with Crippen molar-refractivity contribution in [3.8, 4) is 0 Å². The summed E-state index contributed by atoms with van der Waals surface area (Å²) in [5, 5.41) is 6.76. The maximum absolute atomic E-state index is 12.1. The Balaban J connectivity index is 1.70. The highest BCUT2D eigenvalue weighted by Crippen LogP contribution is 2.26. The summed E-state index contributed by atoms with van der Waals surface area (Å²) in [6.45, 7) is 1.07. The molecule has 1 aliphatic heterocycles. The van der Waals surface area contributed by atoms with Crippen molar-refractivity contribution in [3.05, 3.63) is 35.2 Å². The van der Waals surface area contributed by atoms with Gasteiger partial charge in [-0.2, -0.15) is 0 Å². The van der Waals surface area contributed by atoms with Crippen LogP contribution in [0.15, 0.2) is 29.6 Å². The molecule has 1 fully saturated rings. The second kappa shape index (κ2) is 5.21. The number of benzene rings is 1. The SMILES string of the molecule is O=C(Cc1csc2ccccc12)CC1CCCN1. The number of hydrogen-bond donors (Lipinski definition) is 1. The number of Topliss-reactive ketones (excluding diaryl/α,β-unsaturated/α-hetero) is 1. The van der Waals surface area contributed by atoms with Crippen LogP contribution >= 0.6 is 11.3 Å². The molecule has 0 amide bonds. The van der Waals surface area contributed by atoms with Crippen molar-refractivity contribution >= 4 is 27.2 Å². The summed E-state index contributed by atoms with van der Waals surface area (Å²) in [5.41, 5.74) is 1.19. The Morgan fingerprint density at radius 1 is 1.39 bits per heavy atom. The molecule has 0 radical (unpaired) electrons. The topological polar surface area (TPSA) is 29.1 Å². The Morgan fingerprint density at radius 3 is 3.11 bits per heavy atom. The first kappa shape index (κ1) is 11.9. The van der Waals surface area contributed by atoms with E-state index in [1.54, 1.807) is 11.3 Å². The van der Waals surface area contributed by atoms with Crippen LogP contribution in [0.1, 0.15) is 24.8 Å². The first-order chi connectivity index (χ1) is 8.83. The van der Waals surface area contributed by atoms with Gasteiger partial charge < -0.3 is 5.32 Å². The fourth-order valence-corrected chi connectivity index (χ4v) is 3.62. The Hall–Kier alpha value is -1.19. The molecule has 1 N–H and O–H groups in total. The molecular weight excluding hydrogens is 242 g/mol. The van der Waals surface area contributed by atoms with Crippen LogP contribution in [0.5, 0.6) is 0 Å². The molecule has 1 aromatic heterocycles. The zero-order chi connectivity index (χ0) is 12.4. The fourth-order valence-electron chi connectivity index (χ4n) is 2.66. The molecule has 18 heavy (non-hydrogen) atoms. The Kier molecular flexibility index (Phi) is 3.43. The third-order valence-corrected chi connectivity index (χ3v) is 4.60. The molecule has 2 heterocycles. The standard InChI is InChI=1S/C15H17NOS/c17-13(9-12-4-3-7-16-12)8-11-10-18-15-6-2-1-5-14(11)15/h1-2,5-6,10,12,16H,3-4,7-9H2. The lowest BCUT2D eigenvalue weighted by Gasteiger charge is -2.08. The third-order valence-electron chi connectivity index (χ3n) is 3.59. The molecule has 1 saturated heterocycles. The van der Waals surface area contributed by atoms with Gasteiger partial charge >= 0.3 is 0 Å². The summed E-state index contributed by atoms with van der Waals surface area (Å²) in [7, 11) is 0. The second-order valence-electron chi connectivity index (χ2n) is 4.97. The number of rotatable bonds is 4. The van der Waals surface area contributed by atoms with Gasteiger partial charge in [0.2, 0.25) is 0 Å². The molecule has 2 aromatic rings. The smallest absolute Gasteiger partial charge is 0.138 e. The van der Waals surface area contributed by atoms with Gasteiger partial charge in [-0.3, -0.25) is 4.79 Å². The lowest BCUT2D eigenvalue weighted by atomic mass is 10.0. The predicted octanol–water partition coefficient (Wildman–Crippen LogP) is 3.16. The minimum absolute atomic E-state index is 0.359. The number of ketones is 1. The first-order valence-corrected chi connectivity index (χ1v) is 7.41. The lowest BCUT2D eigenvalue weighted by molar-refractivity contribution is -0.118. The van der Waals surface area contributed by atoms with Crippen molar-refractivity contribution < 1.29 is 4.79 Å². The summed E-state index contributed by atoms with van der Waals surface area (Å²) in [6.07, 6.45) is 3.63. The van der Waals surface area contributed by atoms with E-state index in [4.69, 9.17) is 0 Å². The zero-order valence-electron chi connectivity index (χ0n) is 10.3. The van der Waals surface area contributed by atoms with E-state index in [2.05, 4.69) is 22.8 Å². The molecule has 0 saturated carbocycles. The van der Waals surface area contributed by atoms with E-state index < -0.39 is 0 Å². The monoisotopic (exact) mass is 259 g/mol. The second-order valence-corrected chi connectivity index (χ2v) is 5.88. The third kappa shape index (κ3) is 2.47. The Bertz CT molecular complexity index is 554. The molecule has 0 aliphatic carbocycles. The van der Waals surface area contributed by atoms with E-state index in [0.717, 1.165) is 13.0 Å². The molecule has 2 nitrogen and oxygen atoms in total. The summed E-state index contributed by atoms with van der Waals surface area (Å²) < 4.78 is 1.28. The molecule has 1 aromatic carbocycles. The van der Waals surface area contributed by atoms with Gasteiger partial charge in [0.05, 0.1) is 0 Å². The zero-order valence-corrected chi connectivity index (χ0v) is 11.1. The van der Waals surface area contributed by atoms with Crippen molar-refractivity contribution in [3.63, 3.8) is 0 Å². The number of nitrogens with one attached hydrogen (secondary N) is 1. The average Bonchev–Trinajstić information content (AvgIpc) is 3.00. The summed E-state index contributed by atoms with van der Waals surface area (Å²) in [6, 6.07) is 8.74. The van der Waals surface area contributed by atoms with E-state index in [0.29, 0.717) is 24.7 Å². The van der Waals surface area contributed by atoms with Crippen LogP contribution in [0, 0.1) is 0 Å². The number of thiophene rings is 1. The van der Waals surface area contributed by atoms with E-state index in [-0.39, 0.29) is 0 Å². The summed E-state index contributed by atoms with van der Waals surface area (Å²) >= 11 is 1.73. The Morgan fingerprint density at radius 2 is 2.28 bits per heavy atom. The maximum atomic E-state index is 12.1. The highest BCUT2D eigenvalue weighted by atomic mass is 32.1. The predicted molar refractivity (Wildman–Crippen MR) is 76.2 cm³/mol. The summed E-state index contributed by atoms with van der Waals surface area (Å²) in [4.78, 5) is 12.1. The van der Waals surface area contributed by atoms with Crippen LogP contribution in [-0.2, 0) is 11.2 Å². The van der Waals surface area contributed by atoms with Crippen molar-refractivity contribution in [1.82, 2.24) is 5.32 Å². The van der Waals surface area contributed by atoms with Crippen molar-refractivity contribution in [2.45, 2.75) is 31.7 Å². The van der Waals surface area contributed by atoms with Crippen LogP contribution < -0.4 is 5.32 Å². The molecule has 0 bridgehead atoms. The number of fused-ring (bicyclic) bond motifs is 1. The van der Waals surface area contributed by atoms with Gasteiger partial charge in [-0.05, 0) is 41.8 Å². The highest BCUT2D eigenvalue weighted by Gasteiger charge is 2.18. The number of hydrogen-bond acceptors (Lipinski definition) is 3. The molecule has 1 aliphatic rings. The average molecular weight is 259 g/mol. The van der Waals surface area contributed by atoms with Gasteiger partial charge in [-0.25, -0.2) is 0 Å². The minimum Gasteiger partial charge on any atom is -0.314 e. The largest absolute Gasteiger partial charge is 0.314 e. The minimum atomic E-state index is 0.359.